The maximum atomic E-state index is 12.8. The summed E-state index contributed by atoms with van der Waals surface area (Å²) in [6, 6.07) is 6.67. The summed E-state index contributed by atoms with van der Waals surface area (Å²) < 4.78 is 65.6. The number of rotatable bonds is 3. The lowest BCUT2D eigenvalue weighted by molar-refractivity contribution is -0.137. The first-order chi connectivity index (χ1) is 10.9. The number of hydrogen-bond donors (Lipinski definition) is 1. The second-order valence-corrected chi connectivity index (χ2v) is 8.03. The Bertz CT molecular complexity index is 841. The van der Waals surface area contributed by atoms with Crippen LogP contribution < -0.4 is 4.72 Å². The summed E-state index contributed by atoms with van der Waals surface area (Å²) in [5.41, 5.74) is -1.03. The van der Waals surface area contributed by atoms with Gasteiger partial charge in [-0.15, -0.1) is 0 Å². The first kappa shape index (κ1) is 18.4. The second kappa shape index (κ2) is 6.18. The van der Waals surface area contributed by atoms with Crippen LogP contribution in [0.15, 0.2) is 47.6 Å². The van der Waals surface area contributed by atoms with E-state index in [1.807, 2.05) is 0 Å². The van der Waals surface area contributed by atoms with E-state index in [1.54, 1.807) is 20.8 Å². The van der Waals surface area contributed by atoms with E-state index in [4.69, 9.17) is 0 Å². The standard InChI is InChI=1S/C16H17F3N2O2S/c1-15(2,3)21-24(22,23)14-6-4-5-11(8-14)12-7-13(10-20-9-12)16(17,18)19/h4-10,21H,1-3H3. The van der Waals surface area contributed by atoms with Crippen molar-refractivity contribution in [1.82, 2.24) is 9.71 Å². The highest BCUT2D eigenvalue weighted by atomic mass is 32.2. The molecule has 0 aliphatic heterocycles. The van der Waals surface area contributed by atoms with Gasteiger partial charge in [0.1, 0.15) is 0 Å². The lowest BCUT2D eigenvalue weighted by atomic mass is 10.1. The fourth-order valence-electron chi connectivity index (χ4n) is 2.06. The summed E-state index contributed by atoms with van der Waals surface area (Å²) in [7, 11) is -3.78. The minimum Gasteiger partial charge on any atom is -0.263 e. The topological polar surface area (TPSA) is 59.1 Å². The third kappa shape index (κ3) is 4.55. The third-order valence-electron chi connectivity index (χ3n) is 2.98. The van der Waals surface area contributed by atoms with Crippen LogP contribution in [-0.4, -0.2) is 18.9 Å². The van der Waals surface area contributed by atoms with Crippen LogP contribution in [-0.2, 0) is 16.2 Å². The number of pyridine rings is 1. The van der Waals surface area contributed by atoms with Crippen LogP contribution in [0.2, 0.25) is 0 Å². The van der Waals surface area contributed by atoms with Crippen molar-refractivity contribution in [3.8, 4) is 11.1 Å². The molecule has 1 N–H and O–H groups in total. The van der Waals surface area contributed by atoms with Crippen molar-refractivity contribution in [2.75, 3.05) is 0 Å². The van der Waals surface area contributed by atoms with Crippen molar-refractivity contribution < 1.29 is 21.6 Å². The van der Waals surface area contributed by atoms with Crippen LogP contribution in [0.4, 0.5) is 13.2 Å². The molecule has 0 aliphatic rings. The van der Waals surface area contributed by atoms with Crippen LogP contribution in [0.3, 0.4) is 0 Å². The fraction of sp³-hybridized carbons (Fsp3) is 0.312. The molecular formula is C16H17F3N2O2S. The van der Waals surface area contributed by atoms with Gasteiger partial charge < -0.3 is 0 Å². The molecule has 0 saturated heterocycles. The average molecular weight is 358 g/mol. The van der Waals surface area contributed by atoms with Gasteiger partial charge in [-0.05, 0) is 44.5 Å². The first-order valence-corrected chi connectivity index (χ1v) is 8.53. The highest BCUT2D eigenvalue weighted by Gasteiger charge is 2.31. The first-order valence-electron chi connectivity index (χ1n) is 7.05. The predicted octanol–water partition coefficient (Wildman–Crippen LogP) is 3.84. The Kier molecular flexibility index (Phi) is 4.74. The Labute approximate surface area is 138 Å². The van der Waals surface area contributed by atoms with Crippen molar-refractivity contribution in [2.24, 2.45) is 0 Å². The van der Waals surface area contributed by atoms with Gasteiger partial charge in [-0.25, -0.2) is 13.1 Å². The van der Waals surface area contributed by atoms with E-state index in [0.717, 1.165) is 12.3 Å². The Hall–Kier alpha value is -1.93. The summed E-state index contributed by atoms with van der Waals surface area (Å²) in [5.74, 6) is 0. The van der Waals surface area contributed by atoms with Gasteiger partial charge in [0, 0.05) is 23.5 Å². The van der Waals surface area contributed by atoms with Crippen molar-refractivity contribution in [3.05, 3.63) is 48.3 Å². The minimum absolute atomic E-state index is 0.0210. The zero-order valence-electron chi connectivity index (χ0n) is 13.3. The maximum absolute atomic E-state index is 12.8. The molecule has 24 heavy (non-hydrogen) atoms. The quantitative estimate of drug-likeness (QED) is 0.907. The van der Waals surface area contributed by atoms with Gasteiger partial charge in [0.05, 0.1) is 10.5 Å². The van der Waals surface area contributed by atoms with Crippen molar-refractivity contribution >= 4 is 10.0 Å². The monoisotopic (exact) mass is 358 g/mol. The number of nitrogens with zero attached hydrogens (tertiary/aromatic N) is 1. The number of halogens is 3. The van der Waals surface area contributed by atoms with Gasteiger partial charge in [0.2, 0.25) is 10.0 Å². The number of alkyl halides is 3. The molecule has 4 nitrogen and oxygen atoms in total. The van der Waals surface area contributed by atoms with Gasteiger partial charge in [0.25, 0.3) is 0 Å². The molecule has 0 radical (unpaired) electrons. The van der Waals surface area contributed by atoms with Crippen LogP contribution in [0.1, 0.15) is 26.3 Å². The van der Waals surface area contributed by atoms with Crippen molar-refractivity contribution in [2.45, 2.75) is 37.4 Å². The van der Waals surface area contributed by atoms with E-state index >= 15 is 0 Å². The molecule has 8 heteroatoms. The van der Waals surface area contributed by atoms with E-state index in [-0.39, 0.29) is 10.5 Å². The SMILES string of the molecule is CC(C)(C)NS(=O)(=O)c1cccc(-c2cncc(C(F)(F)F)c2)c1. The molecule has 0 unspecified atom stereocenters. The molecular weight excluding hydrogens is 341 g/mol. The molecule has 0 atom stereocenters. The molecule has 0 fully saturated rings. The summed E-state index contributed by atoms with van der Waals surface area (Å²) in [6.07, 6.45) is -2.52. The molecule has 1 heterocycles. The molecule has 1 aromatic heterocycles. The summed E-state index contributed by atoms with van der Waals surface area (Å²) in [4.78, 5) is 3.57. The lowest BCUT2D eigenvalue weighted by Gasteiger charge is -2.20. The molecule has 1 aromatic carbocycles. The third-order valence-corrected chi connectivity index (χ3v) is 4.74. The van der Waals surface area contributed by atoms with Gasteiger partial charge in [0.15, 0.2) is 0 Å². The Morgan fingerprint density at radius 2 is 1.67 bits per heavy atom. The average Bonchev–Trinajstić information content (AvgIpc) is 2.44. The molecule has 0 bridgehead atoms. The van der Waals surface area contributed by atoms with Gasteiger partial charge in [-0.2, -0.15) is 13.2 Å². The fourth-order valence-corrected chi connectivity index (χ4v) is 3.52. The van der Waals surface area contributed by atoms with Gasteiger partial charge >= 0.3 is 6.18 Å². The van der Waals surface area contributed by atoms with Gasteiger partial charge in [-0.1, -0.05) is 12.1 Å². The number of nitrogens with one attached hydrogen (secondary N) is 1. The van der Waals surface area contributed by atoms with E-state index in [2.05, 4.69) is 9.71 Å². The maximum Gasteiger partial charge on any atom is 0.417 e. The summed E-state index contributed by atoms with van der Waals surface area (Å²) in [5, 5.41) is 0. The Balaban J connectivity index is 2.45. The van der Waals surface area contributed by atoms with Gasteiger partial charge in [-0.3, -0.25) is 4.98 Å². The number of benzene rings is 1. The lowest BCUT2D eigenvalue weighted by Crippen LogP contribution is -2.40. The summed E-state index contributed by atoms with van der Waals surface area (Å²) in [6.45, 7) is 5.10. The highest BCUT2D eigenvalue weighted by molar-refractivity contribution is 7.89. The Morgan fingerprint density at radius 3 is 2.25 bits per heavy atom. The largest absolute Gasteiger partial charge is 0.417 e. The zero-order valence-corrected chi connectivity index (χ0v) is 14.2. The number of aromatic nitrogens is 1. The van der Waals surface area contributed by atoms with E-state index in [9.17, 15) is 21.6 Å². The van der Waals surface area contributed by atoms with Crippen LogP contribution in [0.25, 0.3) is 11.1 Å². The van der Waals surface area contributed by atoms with E-state index in [1.165, 1.54) is 30.5 Å². The molecule has 0 aliphatic carbocycles. The number of hydrogen-bond acceptors (Lipinski definition) is 3. The number of sulfonamides is 1. The van der Waals surface area contributed by atoms with Crippen LogP contribution in [0.5, 0.6) is 0 Å². The van der Waals surface area contributed by atoms with E-state index in [0.29, 0.717) is 5.56 Å². The van der Waals surface area contributed by atoms with Crippen LogP contribution in [0, 0.1) is 0 Å². The molecule has 0 spiro atoms. The predicted molar refractivity (Wildman–Crippen MR) is 84.7 cm³/mol. The zero-order chi connectivity index (χ0) is 18.2. The molecule has 2 rings (SSSR count). The molecule has 130 valence electrons. The van der Waals surface area contributed by atoms with Crippen LogP contribution >= 0.6 is 0 Å². The second-order valence-electron chi connectivity index (χ2n) is 6.34. The molecule has 2 aromatic rings. The summed E-state index contributed by atoms with van der Waals surface area (Å²) >= 11 is 0. The highest BCUT2D eigenvalue weighted by Crippen LogP contribution is 2.31. The smallest absolute Gasteiger partial charge is 0.263 e. The van der Waals surface area contributed by atoms with Crippen molar-refractivity contribution in [3.63, 3.8) is 0 Å². The molecule has 0 saturated carbocycles. The Morgan fingerprint density at radius 1 is 1.00 bits per heavy atom. The van der Waals surface area contributed by atoms with E-state index < -0.39 is 27.3 Å². The van der Waals surface area contributed by atoms with Crippen molar-refractivity contribution in [1.29, 1.82) is 0 Å². The minimum atomic E-state index is -4.51. The normalized spacial score (nSPS) is 13.1. The molecule has 0 amide bonds.